The summed E-state index contributed by atoms with van der Waals surface area (Å²) < 4.78 is 0. The van der Waals surface area contributed by atoms with Crippen LogP contribution in [0, 0.1) is 13.8 Å². The minimum absolute atomic E-state index is 0.351. The summed E-state index contributed by atoms with van der Waals surface area (Å²) in [5.74, 6) is 0.351. The molecule has 0 aliphatic rings. The van der Waals surface area contributed by atoms with E-state index in [0.717, 1.165) is 22.7 Å². The van der Waals surface area contributed by atoms with Gasteiger partial charge in [-0.15, -0.1) is 11.3 Å². The summed E-state index contributed by atoms with van der Waals surface area (Å²) in [5, 5.41) is 14.1. The predicted molar refractivity (Wildman–Crippen MR) is 70.2 cm³/mol. The minimum Gasteiger partial charge on any atom is -0.508 e. The number of phenols is 1. The molecule has 1 aromatic carbocycles. The van der Waals surface area contributed by atoms with E-state index in [4.69, 9.17) is 0 Å². The molecule has 2 aromatic rings. The highest BCUT2D eigenvalue weighted by Crippen LogP contribution is 2.18. The van der Waals surface area contributed by atoms with Gasteiger partial charge >= 0.3 is 0 Å². The van der Waals surface area contributed by atoms with Crippen molar-refractivity contribution in [2.45, 2.75) is 26.9 Å². The molecule has 2 rings (SSSR count). The number of aryl methyl sites for hydroxylation is 2. The number of hydrogen-bond donors (Lipinski definition) is 2. The van der Waals surface area contributed by atoms with Gasteiger partial charge in [0.2, 0.25) is 0 Å². The van der Waals surface area contributed by atoms with E-state index in [-0.39, 0.29) is 0 Å². The molecule has 0 aliphatic carbocycles. The van der Waals surface area contributed by atoms with Crippen LogP contribution in [0.15, 0.2) is 24.4 Å². The van der Waals surface area contributed by atoms with Crippen LogP contribution in [0.3, 0.4) is 0 Å². The number of benzene rings is 1. The average Bonchev–Trinajstić information content (AvgIpc) is 2.69. The van der Waals surface area contributed by atoms with E-state index in [1.54, 1.807) is 17.4 Å². The van der Waals surface area contributed by atoms with Gasteiger partial charge in [-0.2, -0.15) is 0 Å². The van der Waals surface area contributed by atoms with E-state index in [0.29, 0.717) is 12.3 Å². The van der Waals surface area contributed by atoms with Crippen LogP contribution in [0.5, 0.6) is 5.75 Å². The molecular formula is C13H16N2OS. The highest BCUT2D eigenvalue weighted by Gasteiger charge is 2.02. The fourth-order valence-corrected chi connectivity index (χ4v) is 2.43. The number of aromatic hydroxyl groups is 1. The largest absolute Gasteiger partial charge is 0.508 e. The predicted octanol–water partition coefficient (Wildman–Crippen LogP) is 2.76. The van der Waals surface area contributed by atoms with E-state index in [2.05, 4.69) is 10.3 Å². The molecular weight excluding hydrogens is 232 g/mol. The van der Waals surface area contributed by atoms with Crippen molar-refractivity contribution >= 4 is 11.3 Å². The molecule has 1 heterocycles. The molecule has 1 aromatic heterocycles. The second-order valence-corrected chi connectivity index (χ2v) is 5.40. The molecule has 0 bridgehead atoms. The topological polar surface area (TPSA) is 45.1 Å². The maximum atomic E-state index is 9.69. The number of phenolic OH excluding ortho intramolecular Hbond substituents is 1. The van der Waals surface area contributed by atoms with Crippen molar-refractivity contribution in [2.24, 2.45) is 0 Å². The molecule has 0 fully saturated rings. The van der Waals surface area contributed by atoms with Gasteiger partial charge in [0.25, 0.3) is 0 Å². The molecule has 0 unspecified atom stereocenters. The first-order valence-electron chi connectivity index (χ1n) is 5.55. The normalized spacial score (nSPS) is 10.7. The Balaban J connectivity index is 1.91. The van der Waals surface area contributed by atoms with Crippen molar-refractivity contribution < 1.29 is 5.11 Å². The first-order chi connectivity index (χ1) is 8.15. The summed E-state index contributed by atoms with van der Waals surface area (Å²) in [4.78, 5) is 5.42. The lowest BCUT2D eigenvalue weighted by atomic mass is 10.1. The van der Waals surface area contributed by atoms with E-state index < -0.39 is 0 Å². The minimum atomic E-state index is 0.351. The van der Waals surface area contributed by atoms with Crippen LogP contribution in [-0.2, 0) is 13.1 Å². The zero-order chi connectivity index (χ0) is 12.3. The Hall–Kier alpha value is -1.39. The second kappa shape index (κ2) is 5.29. The average molecular weight is 248 g/mol. The summed E-state index contributed by atoms with van der Waals surface area (Å²) in [6.45, 7) is 5.49. The summed E-state index contributed by atoms with van der Waals surface area (Å²) in [6, 6.07) is 5.65. The van der Waals surface area contributed by atoms with E-state index in [1.807, 2.05) is 32.2 Å². The summed E-state index contributed by atoms with van der Waals surface area (Å²) >= 11 is 1.69. The van der Waals surface area contributed by atoms with Crippen LogP contribution in [-0.4, -0.2) is 10.1 Å². The zero-order valence-electron chi connectivity index (χ0n) is 10.0. The number of rotatable bonds is 4. The lowest BCUT2D eigenvalue weighted by Gasteiger charge is -2.06. The molecule has 4 heteroatoms. The first-order valence-corrected chi connectivity index (χ1v) is 6.37. The fraction of sp³-hybridized carbons (Fsp3) is 0.308. The van der Waals surface area contributed by atoms with Crippen LogP contribution >= 0.6 is 11.3 Å². The van der Waals surface area contributed by atoms with Gasteiger partial charge in [0.1, 0.15) is 5.75 Å². The van der Waals surface area contributed by atoms with Crippen LogP contribution < -0.4 is 5.32 Å². The van der Waals surface area contributed by atoms with Gasteiger partial charge in [0.05, 0.1) is 5.01 Å². The molecule has 0 atom stereocenters. The first kappa shape index (κ1) is 12.1. The standard InChI is InChI=1S/C13H16N2OS/c1-9-3-4-13(16)11(5-9)6-14-7-12-8-15-10(2)17-12/h3-5,8,14,16H,6-7H2,1-2H3. The molecule has 0 spiro atoms. The number of hydrogen-bond acceptors (Lipinski definition) is 4. The third-order valence-corrected chi connectivity index (χ3v) is 3.43. The number of nitrogens with one attached hydrogen (secondary N) is 1. The van der Waals surface area contributed by atoms with Crippen molar-refractivity contribution in [1.82, 2.24) is 10.3 Å². The maximum absolute atomic E-state index is 9.69. The highest BCUT2D eigenvalue weighted by atomic mass is 32.1. The molecule has 0 radical (unpaired) electrons. The van der Waals surface area contributed by atoms with Gasteiger partial charge in [-0.3, -0.25) is 0 Å². The van der Waals surface area contributed by atoms with Gasteiger partial charge in [0.15, 0.2) is 0 Å². The van der Waals surface area contributed by atoms with Gasteiger partial charge in [-0.25, -0.2) is 4.98 Å². The van der Waals surface area contributed by atoms with Gasteiger partial charge in [-0.1, -0.05) is 17.7 Å². The summed E-state index contributed by atoms with van der Waals surface area (Å²) in [6.07, 6.45) is 1.89. The molecule has 0 aliphatic heterocycles. The van der Waals surface area contributed by atoms with Crippen molar-refractivity contribution in [3.8, 4) is 5.75 Å². The van der Waals surface area contributed by atoms with E-state index in [1.165, 1.54) is 4.88 Å². The summed E-state index contributed by atoms with van der Waals surface area (Å²) in [7, 11) is 0. The Morgan fingerprint density at radius 1 is 1.29 bits per heavy atom. The Bertz CT molecular complexity index is 508. The van der Waals surface area contributed by atoms with E-state index in [9.17, 15) is 5.11 Å². The molecule has 2 N–H and O–H groups in total. The van der Waals surface area contributed by atoms with Gasteiger partial charge in [-0.05, 0) is 19.9 Å². The number of aromatic nitrogens is 1. The van der Waals surface area contributed by atoms with Crippen molar-refractivity contribution in [3.63, 3.8) is 0 Å². The summed E-state index contributed by atoms with van der Waals surface area (Å²) in [5.41, 5.74) is 2.10. The van der Waals surface area contributed by atoms with Gasteiger partial charge < -0.3 is 10.4 Å². The Morgan fingerprint density at radius 3 is 2.82 bits per heavy atom. The molecule has 0 amide bonds. The fourth-order valence-electron chi connectivity index (χ4n) is 1.66. The lowest BCUT2D eigenvalue weighted by Crippen LogP contribution is -2.11. The van der Waals surface area contributed by atoms with Crippen molar-refractivity contribution in [2.75, 3.05) is 0 Å². The molecule has 0 saturated carbocycles. The molecule has 90 valence electrons. The van der Waals surface area contributed by atoms with Crippen LogP contribution in [0.2, 0.25) is 0 Å². The quantitative estimate of drug-likeness (QED) is 0.874. The number of nitrogens with zero attached hydrogens (tertiary/aromatic N) is 1. The Morgan fingerprint density at radius 2 is 2.12 bits per heavy atom. The van der Waals surface area contributed by atoms with Crippen molar-refractivity contribution in [1.29, 1.82) is 0 Å². The lowest BCUT2D eigenvalue weighted by molar-refractivity contribution is 0.464. The number of thiazole rings is 1. The second-order valence-electron chi connectivity index (χ2n) is 4.08. The van der Waals surface area contributed by atoms with Gasteiger partial charge in [0, 0.05) is 29.7 Å². The monoisotopic (exact) mass is 248 g/mol. The smallest absolute Gasteiger partial charge is 0.120 e. The van der Waals surface area contributed by atoms with Crippen LogP contribution in [0.1, 0.15) is 21.0 Å². The zero-order valence-corrected chi connectivity index (χ0v) is 10.8. The molecule has 0 saturated heterocycles. The van der Waals surface area contributed by atoms with E-state index >= 15 is 0 Å². The maximum Gasteiger partial charge on any atom is 0.120 e. The van der Waals surface area contributed by atoms with Crippen LogP contribution in [0.25, 0.3) is 0 Å². The third kappa shape index (κ3) is 3.28. The van der Waals surface area contributed by atoms with Crippen LogP contribution in [0.4, 0.5) is 0 Å². The third-order valence-electron chi connectivity index (χ3n) is 2.52. The van der Waals surface area contributed by atoms with Crippen molar-refractivity contribution in [3.05, 3.63) is 45.4 Å². The Kier molecular flexibility index (Phi) is 3.76. The molecule has 17 heavy (non-hydrogen) atoms. The highest BCUT2D eigenvalue weighted by molar-refractivity contribution is 7.11. The molecule has 3 nitrogen and oxygen atoms in total. The Labute approximate surface area is 105 Å². The SMILES string of the molecule is Cc1ccc(O)c(CNCc2cnc(C)s2)c1.